The van der Waals surface area contributed by atoms with E-state index in [0.29, 0.717) is 11.9 Å². The normalized spacial score (nSPS) is 21.4. The molecule has 0 saturated carbocycles. The van der Waals surface area contributed by atoms with E-state index in [1.165, 1.54) is 19.3 Å². The van der Waals surface area contributed by atoms with Gasteiger partial charge < -0.3 is 9.80 Å². The molecule has 0 unspecified atom stereocenters. The monoisotopic (exact) mass is 265 g/mol. The van der Waals surface area contributed by atoms with E-state index in [1.54, 1.807) is 4.90 Å². The average molecular weight is 265 g/mol. The molecule has 2 rings (SSSR count). The Morgan fingerprint density at radius 2 is 1.37 bits per heavy atom. The van der Waals surface area contributed by atoms with Crippen LogP contribution in [0, 0.1) is 16.7 Å². The van der Waals surface area contributed by atoms with Gasteiger partial charge >= 0.3 is 0 Å². The van der Waals surface area contributed by atoms with Crippen molar-refractivity contribution < 1.29 is 0 Å². The van der Waals surface area contributed by atoms with Crippen LogP contribution in [0.4, 0.5) is 0 Å². The number of nitrogens with one attached hydrogen (secondary N) is 2. The van der Waals surface area contributed by atoms with Crippen LogP contribution in [0.25, 0.3) is 0 Å². The van der Waals surface area contributed by atoms with E-state index < -0.39 is 0 Å². The third-order valence-electron chi connectivity index (χ3n) is 4.37. The summed E-state index contributed by atoms with van der Waals surface area (Å²) in [5.74, 6) is 1.75. The summed E-state index contributed by atoms with van der Waals surface area (Å²) in [5, 5.41) is 16.6. The zero-order valence-electron chi connectivity index (χ0n) is 12.3. The van der Waals surface area contributed by atoms with Gasteiger partial charge in [0.05, 0.1) is 0 Å². The maximum atomic E-state index is 8.29. The lowest BCUT2D eigenvalue weighted by molar-refractivity contribution is 0.254. The van der Waals surface area contributed by atoms with Crippen LogP contribution < -0.4 is 0 Å². The minimum absolute atomic E-state index is 0.488. The molecule has 0 amide bonds. The summed E-state index contributed by atoms with van der Waals surface area (Å²) >= 11 is 0. The van der Waals surface area contributed by atoms with Gasteiger partial charge in [-0.25, -0.2) is 0 Å². The predicted octanol–water partition coefficient (Wildman–Crippen LogP) is 2.01. The number of hydrogen-bond donors (Lipinski definition) is 2. The molecule has 0 aromatic heterocycles. The topological polar surface area (TPSA) is 57.4 Å². The lowest BCUT2D eigenvalue weighted by Gasteiger charge is -2.39. The summed E-state index contributed by atoms with van der Waals surface area (Å²) in [7, 11) is 1.86. The Labute approximate surface area is 116 Å². The van der Waals surface area contributed by atoms with Crippen LogP contribution >= 0.6 is 0 Å². The molecule has 0 atom stereocenters. The molecule has 2 N–H and O–H groups in total. The largest absolute Gasteiger partial charge is 0.343 e. The van der Waals surface area contributed by atoms with Crippen LogP contribution in [0.5, 0.6) is 0 Å². The van der Waals surface area contributed by atoms with Gasteiger partial charge in [0.15, 0.2) is 11.9 Å². The summed E-state index contributed by atoms with van der Waals surface area (Å²) < 4.78 is 0. The van der Waals surface area contributed by atoms with Crippen molar-refractivity contribution in [3.63, 3.8) is 0 Å². The van der Waals surface area contributed by atoms with Crippen LogP contribution in [0.15, 0.2) is 0 Å². The Morgan fingerprint density at radius 1 is 0.895 bits per heavy atom. The van der Waals surface area contributed by atoms with E-state index in [4.69, 9.17) is 10.8 Å². The first-order valence-corrected chi connectivity index (χ1v) is 7.50. The second-order valence-electron chi connectivity index (χ2n) is 5.92. The Hall–Kier alpha value is -1.26. The minimum atomic E-state index is 0.488. The second-order valence-corrected chi connectivity index (χ2v) is 5.92. The van der Waals surface area contributed by atoms with Gasteiger partial charge in [-0.15, -0.1) is 0 Å². The fraction of sp³-hybridized carbons (Fsp3) is 0.857. The van der Waals surface area contributed by atoms with Gasteiger partial charge in [-0.1, -0.05) is 6.92 Å². The number of hydrogen-bond acceptors (Lipinski definition) is 2. The number of nitrogens with zero attached hydrogens (tertiary/aromatic N) is 3. The highest BCUT2D eigenvalue weighted by Gasteiger charge is 2.24. The van der Waals surface area contributed by atoms with Crippen molar-refractivity contribution in [3.8, 4) is 0 Å². The Morgan fingerprint density at radius 3 is 1.89 bits per heavy atom. The smallest absolute Gasteiger partial charge is 0.200 e. The van der Waals surface area contributed by atoms with Crippen molar-refractivity contribution in [1.29, 1.82) is 10.8 Å². The summed E-state index contributed by atoms with van der Waals surface area (Å²) in [6.45, 7) is 6.12. The van der Waals surface area contributed by atoms with Gasteiger partial charge in [-0.2, -0.15) is 0 Å². The quantitative estimate of drug-likeness (QED) is 0.520. The van der Waals surface area contributed by atoms with E-state index in [2.05, 4.69) is 16.7 Å². The van der Waals surface area contributed by atoms with E-state index in [-0.39, 0.29) is 0 Å². The summed E-state index contributed by atoms with van der Waals surface area (Å²) in [6.07, 6.45) is 5.94. The maximum Gasteiger partial charge on any atom is 0.200 e. The van der Waals surface area contributed by atoms with E-state index >= 15 is 0 Å². The van der Waals surface area contributed by atoms with Crippen LogP contribution in [-0.2, 0) is 0 Å². The van der Waals surface area contributed by atoms with Gasteiger partial charge in [-0.3, -0.25) is 15.7 Å². The number of guanidine groups is 2. The first kappa shape index (κ1) is 14.2. The Bertz CT molecular complexity index is 327. The molecule has 2 aliphatic rings. The molecule has 0 spiro atoms. The molecule has 2 aliphatic heterocycles. The summed E-state index contributed by atoms with van der Waals surface area (Å²) in [5.41, 5.74) is 0. The van der Waals surface area contributed by atoms with Crippen molar-refractivity contribution in [3.05, 3.63) is 0 Å². The zero-order chi connectivity index (χ0) is 13.8. The molecule has 0 radical (unpaired) electrons. The molecule has 0 bridgehead atoms. The molecule has 2 saturated heterocycles. The average Bonchev–Trinajstić information content (AvgIpc) is 2.46. The van der Waals surface area contributed by atoms with Crippen LogP contribution in [-0.4, -0.2) is 59.8 Å². The standard InChI is InChI=1S/C14H27N5/c1-12-6-10-19(11-7-12)14(16)17(2)13(15)18-8-4-3-5-9-18/h12,15-16H,3-11H2,1-2H3. The van der Waals surface area contributed by atoms with Gasteiger partial charge in [0.1, 0.15) is 0 Å². The molecule has 108 valence electrons. The van der Waals surface area contributed by atoms with E-state index in [1.807, 2.05) is 7.05 Å². The number of likely N-dealkylation sites (tertiary alicyclic amines) is 2. The van der Waals surface area contributed by atoms with Gasteiger partial charge in [0, 0.05) is 33.2 Å². The highest BCUT2D eigenvalue weighted by atomic mass is 15.4. The first-order chi connectivity index (χ1) is 9.09. The molecule has 5 nitrogen and oxygen atoms in total. The Balaban J connectivity index is 1.88. The van der Waals surface area contributed by atoms with Crippen LogP contribution in [0.1, 0.15) is 39.0 Å². The highest BCUT2D eigenvalue weighted by Crippen LogP contribution is 2.17. The summed E-state index contributed by atoms with van der Waals surface area (Å²) in [6, 6.07) is 0. The highest BCUT2D eigenvalue weighted by molar-refractivity contribution is 5.95. The predicted molar refractivity (Wildman–Crippen MR) is 78.6 cm³/mol. The molecule has 19 heavy (non-hydrogen) atoms. The van der Waals surface area contributed by atoms with Crippen molar-refractivity contribution in [2.45, 2.75) is 39.0 Å². The SMILES string of the molecule is CC1CCN(C(=N)N(C)C(=N)N2CCCCC2)CC1. The first-order valence-electron chi connectivity index (χ1n) is 7.50. The molecule has 0 aromatic carbocycles. The summed E-state index contributed by atoms with van der Waals surface area (Å²) in [4.78, 5) is 5.95. The fourth-order valence-corrected chi connectivity index (χ4v) is 2.85. The van der Waals surface area contributed by atoms with Crippen molar-refractivity contribution in [2.75, 3.05) is 33.2 Å². The molecular weight excluding hydrogens is 238 g/mol. The van der Waals surface area contributed by atoms with Crippen molar-refractivity contribution in [1.82, 2.24) is 14.7 Å². The van der Waals surface area contributed by atoms with Gasteiger partial charge in [0.25, 0.3) is 0 Å². The maximum absolute atomic E-state index is 8.29. The fourth-order valence-electron chi connectivity index (χ4n) is 2.85. The second kappa shape index (κ2) is 6.26. The van der Waals surface area contributed by atoms with Crippen LogP contribution in [0.2, 0.25) is 0 Å². The number of piperidine rings is 2. The third kappa shape index (κ3) is 3.39. The third-order valence-corrected chi connectivity index (χ3v) is 4.37. The molecule has 5 heteroatoms. The molecule has 0 aliphatic carbocycles. The molecule has 0 aromatic rings. The van der Waals surface area contributed by atoms with Crippen LogP contribution in [0.3, 0.4) is 0 Å². The zero-order valence-corrected chi connectivity index (χ0v) is 12.3. The molecule has 2 heterocycles. The lowest BCUT2D eigenvalue weighted by Crippen LogP contribution is -2.52. The van der Waals surface area contributed by atoms with E-state index in [0.717, 1.165) is 44.9 Å². The van der Waals surface area contributed by atoms with E-state index in [9.17, 15) is 0 Å². The van der Waals surface area contributed by atoms with Gasteiger partial charge in [0.2, 0.25) is 0 Å². The lowest BCUT2D eigenvalue weighted by atomic mass is 9.99. The van der Waals surface area contributed by atoms with Crippen molar-refractivity contribution >= 4 is 11.9 Å². The van der Waals surface area contributed by atoms with Gasteiger partial charge in [-0.05, 0) is 38.0 Å². The van der Waals surface area contributed by atoms with Crippen molar-refractivity contribution in [2.24, 2.45) is 5.92 Å². The molecular formula is C14H27N5. The molecule has 2 fully saturated rings. The Kier molecular flexibility index (Phi) is 4.66. The number of rotatable bonds is 0. The minimum Gasteiger partial charge on any atom is -0.343 e.